The Balaban J connectivity index is 1.95. The minimum atomic E-state index is -0.204. The highest BCUT2D eigenvalue weighted by Crippen LogP contribution is 2.14. The molecule has 5 nitrogen and oxygen atoms in total. The fraction of sp³-hybridized carbons (Fsp3) is 0.538. The van der Waals surface area contributed by atoms with Crippen LogP contribution in [0.5, 0.6) is 0 Å². The zero-order chi connectivity index (χ0) is 13.0. The number of ether oxygens (including phenoxy) is 1. The van der Waals surface area contributed by atoms with E-state index in [0.717, 1.165) is 25.9 Å². The van der Waals surface area contributed by atoms with E-state index in [-0.39, 0.29) is 17.6 Å². The highest BCUT2D eigenvalue weighted by molar-refractivity contribution is 5.93. The van der Waals surface area contributed by atoms with E-state index in [1.165, 1.54) is 12.3 Å². The molecule has 0 saturated carbocycles. The van der Waals surface area contributed by atoms with Crippen LogP contribution >= 0.6 is 0 Å². The first-order valence-electron chi connectivity index (χ1n) is 6.22. The summed E-state index contributed by atoms with van der Waals surface area (Å²) in [5, 5.41) is 0. The fourth-order valence-corrected chi connectivity index (χ4v) is 2.10. The molecule has 1 atom stereocenters. The zero-order valence-electron chi connectivity index (χ0n) is 10.5. The summed E-state index contributed by atoms with van der Waals surface area (Å²) in [7, 11) is 1.76. The molecule has 5 heteroatoms. The van der Waals surface area contributed by atoms with E-state index in [4.69, 9.17) is 4.74 Å². The molecule has 1 aliphatic heterocycles. The van der Waals surface area contributed by atoms with Crippen molar-refractivity contribution in [2.24, 2.45) is 0 Å². The molecule has 1 aromatic rings. The zero-order valence-corrected chi connectivity index (χ0v) is 10.5. The lowest BCUT2D eigenvalue weighted by Crippen LogP contribution is -2.37. The van der Waals surface area contributed by atoms with Gasteiger partial charge in [0.15, 0.2) is 0 Å². The quantitative estimate of drug-likeness (QED) is 0.871. The van der Waals surface area contributed by atoms with Gasteiger partial charge in [-0.05, 0) is 25.3 Å². The van der Waals surface area contributed by atoms with Crippen molar-refractivity contribution in [3.63, 3.8) is 0 Å². The van der Waals surface area contributed by atoms with Crippen LogP contribution in [0.3, 0.4) is 0 Å². The van der Waals surface area contributed by atoms with Crippen LogP contribution in [-0.2, 0) is 4.74 Å². The second-order valence-electron chi connectivity index (χ2n) is 4.62. The van der Waals surface area contributed by atoms with Crippen LogP contribution in [0.4, 0.5) is 0 Å². The molecule has 1 aromatic heterocycles. The lowest BCUT2D eigenvalue weighted by atomic mass is 10.1. The summed E-state index contributed by atoms with van der Waals surface area (Å²) in [6, 6.07) is 2.90. The average Bonchev–Trinajstić information content (AvgIpc) is 2.40. The third kappa shape index (κ3) is 3.20. The molecule has 0 radical (unpaired) electrons. The molecule has 0 bridgehead atoms. The number of pyridine rings is 1. The van der Waals surface area contributed by atoms with Gasteiger partial charge in [-0.2, -0.15) is 0 Å². The van der Waals surface area contributed by atoms with Crippen molar-refractivity contribution < 1.29 is 9.53 Å². The van der Waals surface area contributed by atoms with E-state index < -0.39 is 0 Å². The number of H-pyrrole nitrogens is 1. The lowest BCUT2D eigenvalue weighted by molar-refractivity contribution is -0.000195. The van der Waals surface area contributed by atoms with E-state index in [0.29, 0.717) is 12.1 Å². The number of carbonyl (C=O) groups is 1. The number of rotatable bonds is 3. The van der Waals surface area contributed by atoms with Crippen molar-refractivity contribution in [1.29, 1.82) is 0 Å². The molecule has 1 N–H and O–H groups in total. The molecule has 0 spiro atoms. The normalized spacial score (nSPS) is 19.5. The number of likely N-dealkylation sites (N-methyl/N-ethyl adjacent to an activating group) is 1. The molecular formula is C13H18N2O3. The number of hydrogen-bond donors (Lipinski definition) is 1. The van der Waals surface area contributed by atoms with E-state index >= 15 is 0 Å². The second-order valence-corrected chi connectivity index (χ2v) is 4.62. The van der Waals surface area contributed by atoms with Crippen LogP contribution in [0.25, 0.3) is 0 Å². The van der Waals surface area contributed by atoms with Crippen LogP contribution < -0.4 is 5.56 Å². The van der Waals surface area contributed by atoms with Gasteiger partial charge in [-0.3, -0.25) is 9.59 Å². The molecule has 2 heterocycles. The Bertz CT molecular complexity index is 443. The lowest BCUT2D eigenvalue weighted by Gasteiger charge is -2.27. The minimum Gasteiger partial charge on any atom is -0.376 e. The maximum absolute atomic E-state index is 12.1. The van der Waals surface area contributed by atoms with E-state index in [1.807, 2.05) is 0 Å². The third-order valence-electron chi connectivity index (χ3n) is 3.13. The predicted molar refractivity (Wildman–Crippen MR) is 67.6 cm³/mol. The van der Waals surface area contributed by atoms with Gasteiger partial charge in [-0.1, -0.05) is 0 Å². The maximum atomic E-state index is 12.1. The van der Waals surface area contributed by atoms with Crippen LogP contribution in [0.15, 0.2) is 23.1 Å². The van der Waals surface area contributed by atoms with Crippen molar-refractivity contribution in [3.05, 3.63) is 34.2 Å². The van der Waals surface area contributed by atoms with Gasteiger partial charge < -0.3 is 14.6 Å². The standard InChI is InChI=1S/C13H18N2O3/c1-15(9-11-4-2-3-7-18-11)13(17)10-5-6-12(16)14-8-10/h5-6,8,11H,2-4,7,9H2,1H3,(H,14,16). The molecular weight excluding hydrogens is 232 g/mol. The van der Waals surface area contributed by atoms with Crippen molar-refractivity contribution in [2.45, 2.75) is 25.4 Å². The topological polar surface area (TPSA) is 62.4 Å². The third-order valence-corrected chi connectivity index (χ3v) is 3.13. The number of aromatic amines is 1. The molecule has 2 rings (SSSR count). The Morgan fingerprint density at radius 2 is 2.33 bits per heavy atom. The molecule has 1 aliphatic rings. The van der Waals surface area contributed by atoms with Crippen molar-refractivity contribution in [3.8, 4) is 0 Å². The van der Waals surface area contributed by atoms with Gasteiger partial charge in [-0.25, -0.2) is 0 Å². The Kier molecular flexibility index (Phi) is 4.15. The highest BCUT2D eigenvalue weighted by Gasteiger charge is 2.19. The van der Waals surface area contributed by atoms with Crippen LogP contribution in [0.1, 0.15) is 29.6 Å². The smallest absolute Gasteiger partial charge is 0.255 e. The van der Waals surface area contributed by atoms with Crippen molar-refractivity contribution in [1.82, 2.24) is 9.88 Å². The number of amides is 1. The van der Waals surface area contributed by atoms with Gasteiger partial charge in [0.2, 0.25) is 5.56 Å². The van der Waals surface area contributed by atoms with Gasteiger partial charge in [0.05, 0.1) is 11.7 Å². The Labute approximate surface area is 106 Å². The number of aromatic nitrogens is 1. The summed E-state index contributed by atoms with van der Waals surface area (Å²) in [6.07, 6.45) is 4.85. The summed E-state index contributed by atoms with van der Waals surface area (Å²) < 4.78 is 5.60. The number of nitrogens with zero attached hydrogens (tertiary/aromatic N) is 1. The number of nitrogens with one attached hydrogen (secondary N) is 1. The summed E-state index contributed by atoms with van der Waals surface area (Å²) >= 11 is 0. The first kappa shape index (κ1) is 12.8. The van der Waals surface area contributed by atoms with Gasteiger partial charge in [0, 0.05) is 32.5 Å². The van der Waals surface area contributed by atoms with Gasteiger partial charge in [0.1, 0.15) is 0 Å². The molecule has 1 saturated heterocycles. The van der Waals surface area contributed by atoms with Crippen LogP contribution in [-0.4, -0.2) is 42.1 Å². The van der Waals surface area contributed by atoms with Gasteiger partial charge >= 0.3 is 0 Å². The second kappa shape index (κ2) is 5.82. The summed E-state index contributed by atoms with van der Waals surface area (Å²) in [5.41, 5.74) is 0.290. The Morgan fingerprint density at radius 3 is 2.94 bits per heavy atom. The summed E-state index contributed by atoms with van der Waals surface area (Å²) in [4.78, 5) is 27.2. The van der Waals surface area contributed by atoms with E-state index in [9.17, 15) is 9.59 Å². The first-order valence-corrected chi connectivity index (χ1v) is 6.22. The Morgan fingerprint density at radius 1 is 1.50 bits per heavy atom. The molecule has 1 amide bonds. The number of hydrogen-bond acceptors (Lipinski definition) is 3. The fourth-order valence-electron chi connectivity index (χ4n) is 2.10. The Hall–Kier alpha value is -1.62. The van der Waals surface area contributed by atoms with Crippen LogP contribution in [0.2, 0.25) is 0 Å². The van der Waals surface area contributed by atoms with E-state index in [1.54, 1.807) is 18.0 Å². The average molecular weight is 250 g/mol. The predicted octanol–water partition coefficient (Wildman–Crippen LogP) is 1.02. The summed E-state index contributed by atoms with van der Waals surface area (Å²) in [6.45, 7) is 1.38. The maximum Gasteiger partial charge on any atom is 0.255 e. The van der Waals surface area contributed by atoms with Gasteiger partial charge in [0.25, 0.3) is 5.91 Å². The van der Waals surface area contributed by atoms with E-state index in [2.05, 4.69) is 4.98 Å². The first-order chi connectivity index (χ1) is 8.66. The molecule has 98 valence electrons. The molecule has 1 fully saturated rings. The monoisotopic (exact) mass is 250 g/mol. The number of carbonyl (C=O) groups excluding carboxylic acids is 1. The summed E-state index contributed by atoms with van der Waals surface area (Å²) in [5.74, 6) is -0.0968. The van der Waals surface area contributed by atoms with Gasteiger partial charge in [-0.15, -0.1) is 0 Å². The van der Waals surface area contributed by atoms with Crippen LogP contribution in [0, 0.1) is 0 Å². The molecule has 18 heavy (non-hydrogen) atoms. The van der Waals surface area contributed by atoms with Crippen molar-refractivity contribution in [2.75, 3.05) is 20.2 Å². The molecule has 1 unspecified atom stereocenters. The SMILES string of the molecule is CN(CC1CCCCO1)C(=O)c1ccc(=O)[nH]c1. The van der Waals surface area contributed by atoms with Crippen molar-refractivity contribution >= 4 is 5.91 Å². The highest BCUT2D eigenvalue weighted by atomic mass is 16.5. The minimum absolute atomic E-state index is 0.0968. The molecule has 0 aromatic carbocycles. The largest absolute Gasteiger partial charge is 0.376 e. The molecule has 0 aliphatic carbocycles.